The summed E-state index contributed by atoms with van der Waals surface area (Å²) in [6.07, 6.45) is 0.928. The molecule has 0 bridgehead atoms. The highest BCUT2D eigenvalue weighted by molar-refractivity contribution is 5.83. The standard InChI is InChI=1S/C17H23FN2O3/c1-12-3-5-15(18)9-14(12)10-19-17(22)13-4-6-16(21)20(11-13)7-8-23-2/h3,5,9,13H,4,6-8,10-11H2,1-2H3,(H,19,22)/t13-/m1/s1. The lowest BCUT2D eigenvalue weighted by Crippen LogP contribution is -2.46. The van der Waals surface area contributed by atoms with Crippen LogP contribution in [0.5, 0.6) is 0 Å². The molecule has 1 fully saturated rings. The molecule has 126 valence electrons. The zero-order valence-electron chi connectivity index (χ0n) is 13.6. The molecule has 23 heavy (non-hydrogen) atoms. The molecule has 5 nitrogen and oxygen atoms in total. The molecule has 1 saturated heterocycles. The summed E-state index contributed by atoms with van der Waals surface area (Å²) in [5, 5.41) is 2.85. The Balaban J connectivity index is 1.90. The molecule has 0 aliphatic carbocycles. The topological polar surface area (TPSA) is 58.6 Å². The summed E-state index contributed by atoms with van der Waals surface area (Å²) in [4.78, 5) is 25.8. The number of hydrogen-bond acceptors (Lipinski definition) is 3. The van der Waals surface area contributed by atoms with Crippen molar-refractivity contribution in [2.45, 2.75) is 26.3 Å². The summed E-state index contributed by atoms with van der Waals surface area (Å²) in [5.74, 6) is -0.567. The van der Waals surface area contributed by atoms with Gasteiger partial charge in [0.15, 0.2) is 0 Å². The van der Waals surface area contributed by atoms with Crippen LogP contribution in [-0.4, -0.2) is 43.5 Å². The Morgan fingerprint density at radius 3 is 3.00 bits per heavy atom. The second kappa shape index (κ2) is 8.06. The first-order valence-electron chi connectivity index (χ1n) is 7.80. The van der Waals surface area contributed by atoms with E-state index in [1.165, 1.54) is 12.1 Å². The van der Waals surface area contributed by atoms with Crippen molar-refractivity contribution in [3.8, 4) is 0 Å². The number of carbonyl (C=O) groups excluding carboxylic acids is 2. The third-order valence-electron chi connectivity index (χ3n) is 4.20. The fourth-order valence-corrected chi connectivity index (χ4v) is 2.70. The number of piperidine rings is 1. The summed E-state index contributed by atoms with van der Waals surface area (Å²) in [6.45, 7) is 3.55. The van der Waals surface area contributed by atoms with Crippen molar-refractivity contribution in [3.05, 3.63) is 35.1 Å². The van der Waals surface area contributed by atoms with Gasteiger partial charge in [-0.1, -0.05) is 6.07 Å². The van der Waals surface area contributed by atoms with Gasteiger partial charge < -0.3 is 15.0 Å². The van der Waals surface area contributed by atoms with Gasteiger partial charge in [0.2, 0.25) is 11.8 Å². The van der Waals surface area contributed by atoms with Crippen molar-refractivity contribution in [1.82, 2.24) is 10.2 Å². The highest BCUT2D eigenvalue weighted by atomic mass is 19.1. The first kappa shape index (κ1) is 17.4. The van der Waals surface area contributed by atoms with Gasteiger partial charge in [0.25, 0.3) is 0 Å². The quantitative estimate of drug-likeness (QED) is 0.866. The maximum Gasteiger partial charge on any atom is 0.225 e. The first-order chi connectivity index (χ1) is 11.0. The minimum absolute atomic E-state index is 0.0621. The second-order valence-corrected chi connectivity index (χ2v) is 5.86. The number of aryl methyl sites for hydroxylation is 1. The molecule has 2 rings (SSSR count). The number of benzene rings is 1. The molecule has 0 spiro atoms. The van der Waals surface area contributed by atoms with Crippen LogP contribution in [0.15, 0.2) is 18.2 Å². The predicted molar refractivity (Wildman–Crippen MR) is 84.2 cm³/mol. The van der Waals surface area contributed by atoms with E-state index in [2.05, 4.69) is 5.32 Å². The Bertz CT molecular complexity index is 577. The molecule has 1 atom stereocenters. The van der Waals surface area contributed by atoms with Gasteiger partial charge in [-0.3, -0.25) is 9.59 Å². The molecular weight excluding hydrogens is 299 g/mol. The predicted octanol–water partition coefficient (Wildman–Crippen LogP) is 1.64. The lowest BCUT2D eigenvalue weighted by molar-refractivity contribution is -0.138. The van der Waals surface area contributed by atoms with E-state index in [-0.39, 0.29) is 23.5 Å². The third kappa shape index (κ3) is 4.76. The van der Waals surface area contributed by atoms with Crippen LogP contribution in [0.3, 0.4) is 0 Å². The fraction of sp³-hybridized carbons (Fsp3) is 0.529. The first-order valence-corrected chi connectivity index (χ1v) is 7.80. The van der Waals surface area contributed by atoms with Crippen molar-refractivity contribution in [3.63, 3.8) is 0 Å². The fourth-order valence-electron chi connectivity index (χ4n) is 2.70. The number of nitrogens with one attached hydrogen (secondary N) is 1. The summed E-state index contributed by atoms with van der Waals surface area (Å²) >= 11 is 0. The molecule has 6 heteroatoms. The van der Waals surface area contributed by atoms with Gasteiger partial charge in [-0.15, -0.1) is 0 Å². The normalized spacial score (nSPS) is 18.1. The number of carbonyl (C=O) groups is 2. The minimum Gasteiger partial charge on any atom is -0.383 e. The molecule has 1 aliphatic heterocycles. The smallest absolute Gasteiger partial charge is 0.225 e. The summed E-state index contributed by atoms with van der Waals surface area (Å²) in [6, 6.07) is 4.54. The van der Waals surface area contributed by atoms with Gasteiger partial charge in [-0.2, -0.15) is 0 Å². The number of ether oxygens (including phenoxy) is 1. The molecule has 1 heterocycles. The number of methoxy groups -OCH3 is 1. The van der Waals surface area contributed by atoms with Crippen LogP contribution in [0.4, 0.5) is 4.39 Å². The van der Waals surface area contributed by atoms with Gasteiger partial charge in [-0.25, -0.2) is 4.39 Å². The number of likely N-dealkylation sites (tertiary alicyclic amines) is 1. The summed E-state index contributed by atoms with van der Waals surface area (Å²) < 4.78 is 18.3. The van der Waals surface area contributed by atoms with Crippen LogP contribution >= 0.6 is 0 Å². The molecule has 1 aromatic carbocycles. The number of amides is 2. The summed E-state index contributed by atoms with van der Waals surface area (Å²) in [7, 11) is 1.58. The minimum atomic E-state index is -0.311. The Morgan fingerprint density at radius 2 is 2.26 bits per heavy atom. The Kier molecular flexibility index (Phi) is 6.10. The number of hydrogen-bond donors (Lipinski definition) is 1. The van der Waals surface area contributed by atoms with E-state index in [4.69, 9.17) is 4.74 Å². The van der Waals surface area contributed by atoms with Crippen molar-refractivity contribution in [1.29, 1.82) is 0 Å². The Morgan fingerprint density at radius 1 is 1.48 bits per heavy atom. The molecule has 2 amide bonds. The van der Waals surface area contributed by atoms with E-state index in [9.17, 15) is 14.0 Å². The highest BCUT2D eigenvalue weighted by Crippen LogP contribution is 2.18. The molecule has 0 radical (unpaired) electrons. The second-order valence-electron chi connectivity index (χ2n) is 5.86. The molecule has 1 N–H and O–H groups in total. The van der Waals surface area contributed by atoms with Crippen molar-refractivity contribution in [2.24, 2.45) is 5.92 Å². The van der Waals surface area contributed by atoms with Gasteiger partial charge in [-0.05, 0) is 36.6 Å². The van der Waals surface area contributed by atoms with Gasteiger partial charge >= 0.3 is 0 Å². The van der Waals surface area contributed by atoms with E-state index >= 15 is 0 Å². The van der Waals surface area contributed by atoms with Crippen LogP contribution < -0.4 is 5.32 Å². The van der Waals surface area contributed by atoms with Gasteiger partial charge in [0.1, 0.15) is 5.82 Å². The average Bonchev–Trinajstić information content (AvgIpc) is 2.54. The lowest BCUT2D eigenvalue weighted by atomic mass is 9.96. The zero-order chi connectivity index (χ0) is 16.8. The van der Waals surface area contributed by atoms with E-state index in [0.717, 1.165) is 11.1 Å². The maximum atomic E-state index is 13.3. The SMILES string of the molecule is COCCN1C[C@H](C(=O)NCc2cc(F)ccc2C)CCC1=O. The van der Waals surface area contributed by atoms with Crippen LogP contribution in [-0.2, 0) is 20.9 Å². The van der Waals surface area contributed by atoms with E-state index in [1.54, 1.807) is 18.1 Å². The van der Waals surface area contributed by atoms with Gasteiger partial charge in [0, 0.05) is 33.2 Å². The molecule has 1 aromatic rings. The van der Waals surface area contributed by atoms with Crippen LogP contribution in [0.1, 0.15) is 24.0 Å². The highest BCUT2D eigenvalue weighted by Gasteiger charge is 2.29. The van der Waals surface area contributed by atoms with Crippen molar-refractivity contribution in [2.75, 3.05) is 26.8 Å². The Labute approximate surface area is 135 Å². The number of rotatable bonds is 6. The average molecular weight is 322 g/mol. The third-order valence-corrected chi connectivity index (χ3v) is 4.20. The van der Waals surface area contributed by atoms with Crippen molar-refractivity contribution >= 4 is 11.8 Å². The van der Waals surface area contributed by atoms with Crippen molar-refractivity contribution < 1.29 is 18.7 Å². The van der Waals surface area contributed by atoms with Crippen LogP contribution in [0, 0.1) is 18.7 Å². The number of nitrogens with zero attached hydrogens (tertiary/aromatic N) is 1. The lowest BCUT2D eigenvalue weighted by Gasteiger charge is -2.31. The molecule has 0 unspecified atom stereocenters. The van der Waals surface area contributed by atoms with Gasteiger partial charge in [0.05, 0.1) is 12.5 Å². The van der Waals surface area contributed by atoms with E-state index < -0.39 is 0 Å². The van der Waals surface area contributed by atoms with Crippen LogP contribution in [0.2, 0.25) is 0 Å². The Hall–Kier alpha value is -1.95. The van der Waals surface area contributed by atoms with E-state index in [1.807, 2.05) is 6.92 Å². The number of halogens is 1. The van der Waals surface area contributed by atoms with Crippen LogP contribution in [0.25, 0.3) is 0 Å². The molecular formula is C17H23FN2O3. The largest absolute Gasteiger partial charge is 0.383 e. The maximum absolute atomic E-state index is 13.3. The van der Waals surface area contributed by atoms with E-state index in [0.29, 0.717) is 39.1 Å². The summed E-state index contributed by atoms with van der Waals surface area (Å²) in [5.41, 5.74) is 1.70. The zero-order valence-corrected chi connectivity index (χ0v) is 13.6. The molecule has 0 saturated carbocycles. The molecule has 1 aliphatic rings. The monoisotopic (exact) mass is 322 g/mol. The molecule has 0 aromatic heterocycles.